The normalized spacial score (nSPS) is 26.0. The molecule has 21 heavy (non-hydrogen) atoms. The van der Waals surface area contributed by atoms with E-state index in [0.29, 0.717) is 5.17 Å². The van der Waals surface area contributed by atoms with E-state index >= 15 is 0 Å². The summed E-state index contributed by atoms with van der Waals surface area (Å²) in [5, 5.41) is 13.3. The predicted octanol–water partition coefficient (Wildman–Crippen LogP) is 2.64. The van der Waals surface area contributed by atoms with Gasteiger partial charge >= 0.3 is 0 Å². The lowest BCUT2D eigenvalue weighted by Crippen LogP contribution is -2.50. The van der Waals surface area contributed by atoms with Crippen LogP contribution in [0, 0.1) is 5.82 Å². The fraction of sp³-hybridized carbons (Fsp3) is 0.467. The lowest BCUT2D eigenvalue weighted by Gasteiger charge is -2.32. The molecule has 114 valence electrons. The molecule has 1 aliphatic heterocycles. The first-order valence-corrected chi connectivity index (χ1v) is 7.51. The minimum Gasteiger partial charge on any atom is -0.388 e. The zero-order chi connectivity index (χ0) is 15.8. The Bertz CT molecular complexity index is 580. The van der Waals surface area contributed by atoms with E-state index in [4.69, 9.17) is 0 Å². The van der Waals surface area contributed by atoms with E-state index in [9.17, 15) is 14.3 Å². The number of halogens is 1. The van der Waals surface area contributed by atoms with Gasteiger partial charge in [0.25, 0.3) is 0 Å². The summed E-state index contributed by atoms with van der Waals surface area (Å²) in [5.41, 5.74) is -0.311. The number of benzene rings is 1. The molecule has 0 radical (unpaired) electrons. The van der Waals surface area contributed by atoms with Crippen LogP contribution in [0.25, 0.3) is 0 Å². The van der Waals surface area contributed by atoms with Gasteiger partial charge in [-0.2, -0.15) is 0 Å². The quantitative estimate of drug-likeness (QED) is 0.902. The maximum absolute atomic E-state index is 12.9. The van der Waals surface area contributed by atoms with Crippen molar-refractivity contribution in [3.05, 3.63) is 35.6 Å². The summed E-state index contributed by atoms with van der Waals surface area (Å²) >= 11 is 1.22. The minimum atomic E-state index is -1.17. The van der Waals surface area contributed by atoms with E-state index in [1.807, 2.05) is 6.92 Å². The van der Waals surface area contributed by atoms with Gasteiger partial charge in [-0.25, -0.2) is 4.39 Å². The van der Waals surface area contributed by atoms with Crippen LogP contribution >= 0.6 is 11.8 Å². The summed E-state index contributed by atoms with van der Waals surface area (Å²) in [6.07, 6.45) is 0. The van der Waals surface area contributed by atoms with Gasteiger partial charge in [0.2, 0.25) is 5.91 Å². The third-order valence-electron chi connectivity index (χ3n) is 3.79. The topological polar surface area (TPSA) is 61.7 Å². The second kappa shape index (κ2) is 5.42. The van der Waals surface area contributed by atoms with Crippen LogP contribution < -0.4 is 5.32 Å². The molecule has 4 nitrogen and oxygen atoms in total. The van der Waals surface area contributed by atoms with Crippen molar-refractivity contribution in [3.8, 4) is 0 Å². The summed E-state index contributed by atoms with van der Waals surface area (Å²) in [6, 6.07) is 5.89. The lowest BCUT2D eigenvalue weighted by molar-refractivity contribution is -0.126. The zero-order valence-corrected chi connectivity index (χ0v) is 13.3. The molecule has 2 rings (SSSR count). The third-order valence-corrected chi connectivity index (χ3v) is 5.28. The molecule has 1 aromatic carbocycles. The molecule has 1 fully saturated rings. The summed E-state index contributed by atoms with van der Waals surface area (Å²) in [5.74, 6) is -0.554. The van der Waals surface area contributed by atoms with Gasteiger partial charge in [0, 0.05) is 0 Å². The highest BCUT2D eigenvalue weighted by Gasteiger charge is 2.52. The number of aliphatic imine (C=N–C) groups is 1. The molecule has 6 heteroatoms. The van der Waals surface area contributed by atoms with Gasteiger partial charge in [-0.15, -0.1) is 0 Å². The summed E-state index contributed by atoms with van der Waals surface area (Å²) < 4.78 is 11.9. The minimum absolute atomic E-state index is 0.211. The van der Waals surface area contributed by atoms with Crippen LogP contribution in [0.4, 0.5) is 4.39 Å². The molecule has 0 bridgehead atoms. The number of hydrogen-bond donors (Lipinski definition) is 2. The molecule has 0 saturated carbocycles. The Balaban J connectivity index is 2.20. The molecular formula is C15H19FN2O2S. The zero-order valence-electron chi connectivity index (χ0n) is 12.5. The van der Waals surface area contributed by atoms with Gasteiger partial charge in [0.05, 0.1) is 11.6 Å². The van der Waals surface area contributed by atoms with E-state index in [-0.39, 0.29) is 17.8 Å². The van der Waals surface area contributed by atoms with Crippen molar-refractivity contribution in [2.75, 3.05) is 0 Å². The first kappa shape index (κ1) is 16.0. The number of carbonyl (C=O) groups is 1. The van der Waals surface area contributed by atoms with Crippen LogP contribution in [0.15, 0.2) is 29.3 Å². The van der Waals surface area contributed by atoms with E-state index in [1.165, 1.54) is 23.9 Å². The van der Waals surface area contributed by atoms with Crippen LogP contribution in [0.1, 0.15) is 39.3 Å². The highest BCUT2D eigenvalue weighted by Crippen LogP contribution is 2.41. The Morgan fingerprint density at radius 3 is 2.43 bits per heavy atom. The average molecular weight is 310 g/mol. The molecule has 1 unspecified atom stereocenters. The smallest absolute Gasteiger partial charge is 0.245 e. The van der Waals surface area contributed by atoms with Gasteiger partial charge in [0.15, 0.2) is 5.17 Å². The summed E-state index contributed by atoms with van der Waals surface area (Å²) in [7, 11) is 0. The van der Waals surface area contributed by atoms with Crippen molar-refractivity contribution in [2.24, 2.45) is 4.99 Å². The van der Waals surface area contributed by atoms with E-state index in [2.05, 4.69) is 10.3 Å². The lowest BCUT2D eigenvalue weighted by atomic mass is 9.91. The van der Waals surface area contributed by atoms with Crippen LogP contribution in [0.2, 0.25) is 0 Å². The van der Waals surface area contributed by atoms with Gasteiger partial charge in [0.1, 0.15) is 10.6 Å². The largest absolute Gasteiger partial charge is 0.388 e. The predicted molar refractivity (Wildman–Crippen MR) is 82.7 cm³/mol. The highest BCUT2D eigenvalue weighted by molar-refractivity contribution is 8.16. The van der Waals surface area contributed by atoms with Crippen molar-refractivity contribution >= 4 is 22.8 Å². The molecule has 0 spiro atoms. The highest BCUT2D eigenvalue weighted by atomic mass is 32.2. The van der Waals surface area contributed by atoms with Crippen LogP contribution in [0.3, 0.4) is 0 Å². The molecule has 0 aliphatic carbocycles. The van der Waals surface area contributed by atoms with Gasteiger partial charge in [-0.3, -0.25) is 9.79 Å². The van der Waals surface area contributed by atoms with Crippen LogP contribution in [0.5, 0.6) is 0 Å². The Labute approximate surface area is 127 Å². The number of aliphatic hydroxyl groups is 1. The second-order valence-corrected chi connectivity index (χ2v) is 7.22. The molecule has 2 N–H and O–H groups in total. The van der Waals surface area contributed by atoms with Crippen molar-refractivity contribution in [1.29, 1.82) is 0 Å². The molecule has 1 heterocycles. The molecule has 1 aliphatic rings. The number of rotatable bonds is 3. The van der Waals surface area contributed by atoms with Gasteiger partial charge in [-0.05, 0) is 45.4 Å². The Morgan fingerprint density at radius 2 is 1.95 bits per heavy atom. The Hall–Kier alpha value is -1.40. The van der Waals surface area contributed by atoms with E-state index < -0.39 is 10.3 Å². The Kier molecular flexibility index (Phi) is 4.13. The number of thioether (sulfide) groups is 1. The Morgan fingerprint density at radius 1 is 1.38 bits per heavy atom. The van der Waals surface area contributed by atoms with Crippen LogP contribution in [-0.2, 0) is 4.79 Å². The van der Waals surface area contributed by atoms with Crippen molar-refractivity contribution in [3.63, 3.8) is 0 Å². The number of hydrogen-bond acceptors (Lipinski definition) is 4. The standard InChI is InChI=1S/C15H19FN2O2S/c1-9(10-5-7-11(16)8-6-10)17-13-18-12(19)15(4,21-13)14(2,3)20/h5-9,20H,1-4H3,(H,17,18,19)/t9?,15-/m1/s1. The molecule has 1 aromatic rings. The van der Waals surface area contributed by atoms with E-state index in [1.54, 1.807) is 32.9 Å². The fourth-order valence-corrected chi connectivity index (χ4v) is 3.07. The number of amidine groups is 1. The number of nitrogens with zero attached hydrogens (tertiary/aromatic N) is 1. The number of amides is 1. The maximum atomic E-state index is 12.9. The first-order valence-electron chi connectivity index (χ1n) is 6.69. The van der Waals surface area contributed by atoms with Crippen LogP contribution in [-0.4, -0.2) is 26.5 Å². The molecule has 1 saturated heterocycles. The van der Waals surface area contributed by atoms with E-state index in [0.717, 1.165) is 5.56 Å². The molecule has 1 amide bonds. The SMILES string of the molecule is CC(N=C1NC(=O)[C@](C)(C(C)(C)O)S1)c1ccc(F)cc1. The maximum Gasteiger partial charge on any atom is 0.245 e. The number of nitrogens with one attached hydrogen (secondary N) is 1. The summed E-state index contributed by atoms with van der Waals surface area (Å²) in [6.45, 7) is 6.77. The molecule has 2 atom stereocenters. The average Bonchev–Trinajstić information content (AvgIpc) is 2.66. The van der Waals surface area contributed by atoms with Gasteiger partial charge in [-0.1, -0.05) is 23.9 Å². The number of carbonyl (C=O) groups excluding carboxylic acids is 1. The first-order chi connectivity index (χ1) is 9.63. The molecule has 0 aromatic heterocycles. The fourth-order valence-electron chi connectivity index (χ4n) is 1.93. The third kappa shape index (κ3) is 3.11. The summed E-state index contributed by atoms with van der Waals surface area (Å²) in [4.78, 5) is 16.5. The monoisotopic (exact) mass is 310 g/mol. The second-order valence-electron chi connectivity index (χ2n) is 5.81. The van der Waals surface area contributed by atoms with Crippen molar-refractivity contribution < 1.29 is 14.3 Å². The van der Waals surface area contributed by atoms with Crippen molar-refractivity contribution in [1.82, 2.24) is 5.32 Å². The van der Waals surface area contributed by atoms with Gasteiger partial charge < -0.3 is 10.4 Å². The van der Waals surface area contributed by atoms with Crippen molar-refractivity contribution in [2.45, 2.75) is 44.1 Å². The molecular weight excluding hydrogens is 291 g/mol.